The van der Waals surface area contributed by atoms with Gasteiger partial charge in [-0.3, -0.25) is 0 Å². The van der Waals surface area contributed by atoms with Crippen LogP contribution in [-0.4, -0.2) is 20.6 Å². The first-order valence-electron chi connectivity index (χ1n) is 8.00. The minimum atomic E-state index is 0.0405. The van der Waals surface area contributed by atoms with E-state index in [1.807, 2.05) is 0 Å². The Kier molecular flexibility index (Phi) is 4.28. The van der Waals surface area contributed by atoms with Gasteiger partial charge in [-0.1, -0.05) is 62.4 Å². The molecule has 0 fully saturated rings. The quantitative estimate of drug-likeness (QED) is 0.736. The van der Waals surface area contributed by atoms with Crippen LogP contribution in [0.4, 0.5) is 5.69 Å². The van der Waals surface area contributed by atoms with Gasteiger partial charge in [-0.2, -0.15) is 5.21 Å². The third kappa shape index (κ3) is 3.86. The molecule has 0 aliphatic heterocycles. The smallest absolute Gasteiger partial charge is 0.196 e. The minimum absolute atomic E-state index is 0.0405. The van der Waals surface area contributed by atoms with E-state index in [0.29, 0.717) is 5.82 Å². The Bertz CT molecular complexity index is 753. The number of tetrazole rings is 1. The summed E-state index contributed by atoms with van der Waals surface area (Å²) < 4.78 is 0. The number of aromatic nitrogens is 4. The van der Waals surface area contributed by atoms with Gasteiger partial charge in [-0.25, -0.2) is 0 Å². The average Bonchev–Trinajstić information content (AvgIpc) is 3.05. The van der Waals surface area contributed by atoms with Crippen LogP contribution in [0, 0.1) is 5.41 Å². The SMILES string of the molecule is CC(C)(C)CCC(Nc1cccc2ccccc12)c1nn[nH]n1. The van der Waals surface area contributed by atoms with Crippen LogP contribution in [-0.2, 0) is 0 Å². The highest BCUT2D eigenvalue weighted by Crippen LogP contribution is 2.31. The van der Waals surface area contributed by atoms with Crippen LogP contribution >= 0.6 is 0 Å². The Morgan fingerprint density at radius 2 is 1.87 bits per heavy atom. The summed E-state index contributed by atoms with van der Waals surface area (Å²) in [5.41, 5.74) is 1.37. The van der Waals surface area contributed by atoms with Gasteiger partial charge in [0.15, 0.2) is 5.82 Å². The minimum Gasteiger partial charge on any atom is -0.374 e. The standard InChI is InChI=1S/C18H23N5/c1-18(2,3)12-11-16(17-20-22-23-21-17)19-15-10-6-8-13-7-4-5-9-14(13)15/h4-10,16,19H,11-12H2,1-3H3,(H,20,21,22,23). The lowest BCUT2D eigenvalue weighted by Crippen LogP contribution is -2.16. The Labute approximate surface area is 136 Å². The van der Waals surface area contributed by atoms with Crippen molar-refractivity contribution < 1.29 is 0 Å². The highest BCUT2D eigenvalue weighted by molar-refractivity contribution is 5.93. The van der Waals surface area contributed by atoms with E-state index in [9.17, 15) is 0 Å². The van der Waals surface area contributed by atoms with Crippen molar-refractivity contribution >= 4 is 16.5 Å². The van der Waals surface area contributed by atoms with E-state index in [2.05, 4.69) is 89.2 Å². The molecule has 1 heterocycles. The maximum atomic E-state index is 4.18. The fourth-order valence-corrected chi connectivity index (χ4v) is 2.70. The molecule has 1 aromatic heterocycles. The summed E-state index contributed by atoms with van der Waals surface area (Å²) in [5.74, 6) is 0.710. The molecule has 2 aromatic carbocycles. The first kappa shape index (κ1) is 15.5. The topological polar surface area (TPSA) is 66.5 Å². The van der Waals surface area contributed by atoms with Crippen molar-refractivity contribution in [2.45, 2.75) is 39.7 Å². The maximum Gasteiger partial charge on any atom is 0.196 e. The Hall–Kier alpha value is -2.43. The lowest BCUT2D eigenvalue weighted by molar-refractivity contribution is 0.352. The maximum absolute atomic E-state index is 4.18. The molecule has 0 aliphatic rings. The summed E-state index contributed by atoms with van der Waals surface area (Å²) in [4.78, 5) is 0. The number of aromatic amines is 1. The van der Waals surface area contributed by atoms with E-state index in [1.54, 1.807) is 0 Å². The van der Waals surface area contributed by atoms with Gasteiger partial charge in [-0.15, -0.1) is 10.2 Å². The molecule has 5 heteroatoms. The van der Waals surface area contributed by atoms with E-state index in [0.717, 1.165) is 18.5 Å². The molecule has 0 aliphatic carbocycles. The van der Waals surface area contributed by atoms with Crippen LogP contribution in [0.15, 0.2) is 42.5 Å². The zero-order valence-electron chi connectivity index (χ0n) is 13.9. The highest BCUT2D eigenvalue weighted by Gasteiger charge is 2.20. The summed E-state index contributed by atoms with van der Waals surface area (Å²) in [6.07, 6.45) is 2.02. The number of benzene rings is 2. The molecule has 3 aromatic rings. The summed E-state index contributed by atoms with van der Waals surface area (Å²) >= 11 is 0. The molecule has 1 unspecified atom stereocenters. The second-order valence-electron chi connectivity index (χ2n) is 7.09. The predicted molar refractivity (Wildman–Crippen MR) is 93.2 cm³/mol. The van der Waals surface area contributed by atoms with Crippen molar-refractivity contribution in [2.75, 3.05) is 5.32 Å². The first-order valence-corrected chi connectivity index (χ1v) is 8.00. The molecule has 0 spiro atoms. The fourth-order valence-electron chi connectivity index (χ4n) is 2.70. The third-order valence-corrected chi connectivity index (χ3v) is 3.98. The molecule has 0 saturated carbocycles. The summed E-state index contributed by atoms with van der Waals surface area (Å²) in [5, 5.41) is 20.7. The van der Waals surface area contributed by atoms with Crippen LogP contribution in [0.3, 0.4) is 0 Å². The van der Waals surface area contributed by atoms with Gasteiger partial charge in [0.2, 0.25) is 0 Å². The second-order valence-corrected chi connectivity index (χ2v) is 7.09. The molecule has 2 N–H and O–H groups in total. The molecule has 120 valence electrons. The van der Waals surface area contributed by atoms with Crippen LogP contribution in [0.1, 0.15) is 45.5 Å². The average molecular weight is 309 g/mol. The molecule has 0 radical (unpaired) electrons. The lowest BCUT2D eigenvalue weighted by Gasteiger charge is -2.23. The molecular weight excluding hydrogens is 286 g/mol. The molecule has 1 atom stereocenters. The van der Waals surface area contributed by atoms with E-state index >= 15 is 0 Å². The van der Waals surface area contributed by atoms with E-state index in [1.165, 1.54) is 10.8 Å². The summed E-state index contributed by atoms with van der Waals surface area (Å²) in [6, 6.07) is 14.7. The number of nitrogens with one attached hydrogen (secondary N) is 2. The number of nitrogens with zero attached hydrogens (tertiary/aromatic N) is 3. The Balaban J connectivity index is 1.88. The molecule has 23 heavy (non-hydrogen) atoms. The first-order chi connectivity index (χ1) is 11.0. The van der Waals surface area contributed by atoms with Gasteiger partial charge in [0.1, 0.15) is 0 Å². The van der Waals surface area contributed by atoms with Crippen molar-refractivity contribution in [3.63, 3.8) is 0 Å². The van der Waals surface area contributed by atoms with Gasteiger partial charge in [0.05, 0.1) is 6.04 Å². The molecular formula is C18H23N5. The van der Waals surface area contributed by atoms with E-state index in [-0.39, 0.29) is 11.5 Å². The van der Waals surface area contributed by atoms with Crippen LogP contribution < -0.4 is 5.32 Å². The largest absolute Gasteiger partial charge is 0.374 e. The van der Waals surface area contributed by atoms with Crippen molar-refractivity contribution in [1.82, 2.24) is 20.6 Å². The fraction of sp³-hybridized carbons (Fsp3) is 0.389. The Morgan fingerprint density at radius 3 is 2.61 bits per heavy atom. The van der Waals surface area contributed by atoms with Gasteiger partial charge < -0.3 is 5.32 Å². The van der Waals surface area contributed by atoms with Crippen molar-refractivity contribution in [3.05, 3.63) is 48.3 Å². The van der Waals surface area contributed by atoms with Gasteiger partial charge in [0.25, 0.3) is 0 Å². The van der Waals surface area contributed by atoms with Crippen LogP contribution in [0.5, 0.6) is 0 Å². The molecule has 3 rings (SSSR count). The molecule has 0 amide bonds. The number of rotatable bonds is 5. The van der Waals surface area contributed by atoms with Gasteiger partial charge >= 0.3 is 0 Å². The monoisotopic (exact) mass is 309 g/mol. The predicted octanol–water partition coefficient (Wildman–Crippen LogP) is 4.33. The second kappa shape index (κ2) is 6.36. The zero-order valence-corrected chi connectivity index (χ0v) is 13.9. The Morgan fingerprint density at radius 1 is 1.09 bits per heavy atom. The van der Waals surface area contributed by atoms with Crippen LogP contribution in [0.25, 0.3) is 10.8 Å². The van der Waals surface area contributed by atoms with Gasteiger partial charge in [0, 0.05) is 11.1 Å². The number of hydrogen-bond acceptors (Lipinski definition) is 4. The molecule has 0 bridgehead atoms. The van der Waals surface area contributed by atoms with E-state index < -0.39 is 0 Å². The van der Waals surface area contributed by atoms with Crippen molar-refractivity contribution in [1.29, 1.82) is 0 Å². The van der Waals surface area contributed by atoms with Crippen LogP contribution in [0.2, 0.25) is 0 Å². The number of hydrogen-bond donors (Lipinski definition) is 2. The lowest BCUT2D eigenvalue weighted by atomic mass is 9.88. The molecule has 0 saturated heterocycles. The normalized spacial score (nSPS) is 13.2. The molecule has 5 nitrogen and oxygen atoms in total. The summed E-state index contributed by atoms with van der Waals surface area (Å²) in [7, 11) is 0. The summed E-state index contributed by atoms with van der Waals surface area (Å²) in [6.45, 7) is 6.74. The van der Waals surface area contributed by atoms with E-state index in [4.69, 9.17) is 0 Å². The van der Waals surface area contributed by atoms with Crippen molar-refractivity contribution in [3.8, 4) is 0 Å². The number of fused-ring (bicyclic) bond motifs is 1. The highest BCUT2D eigenvalue weighted by atomic mass is 15.5. The van der Waals surface area contributed by atoms with Crippen molar-refractivity contribution in [2.24, 2.45) is 5.41 Å². The third-order valence-electron chi connectivity index (χ3n) is 3.98. The number of H-pyrrole nitrogens is 1. The number of anilines is 1. The zero-order chi connectivity index (χ0) is 16.3. The van der Waals surface area contributed by atoms with Gasteiger partial charge in [-0.05, 0) is 29.7 Å².